The molecule has 0 fully saturated rings. The van der Waals surface area contributed by atoms with Gasteiger partial charge in [-0.15, -0.1) is 0 Å². The molecule has 43 heavy (non-hydrogen) atoms. The third-order valence-corrected chi connectivity index (χ3v) is 6.95. The minimum Gasteiger partial charge on any atom is -0.494 e. The second kappa shape index (κ2) is 15.9. The molecule has 0 amide bonds. The Morgan fingerprint density at radius 1 is 0.674 bits per heavy atom. The van der Waals surface area contributed by atoms with Crippen LogP contribution in [0.25, 0.3) is 17.2 Å². The summed E-state index contributed by atoms with van der Waals surface area (Å²) in [5.74, 6) is 0.661. The summed E-state index contributed by atoms with van der Waals surface area (Å²) in [6.07, 6.45) is 6.41. The molecule has 0 N–H and O–H groups in total. The van der Waals surface area contributed by atoms with Crippen molar-refractivity contribution in [3.05, 3.63) is 138 Å². The van der Waals surface area contributed by atoms with E-state index >= 15 is 0 Å². The van der Waals surface area contributed by atoms with Crippen LogP contribution in [0, 0.1) is 0 Å². The number of rotatable bonds is 15. The molecule has 220 valence electrons. The lowest BCUT2D eigenvalue weighted by atomic mass is 9.99. The van der Waals surface area contributed by atoms with Crippen molar-refractivity contribution in [1.29, 1.82) is 0 Å². The van der Waals surface area contributed by atoms with Gasteiger partial charge in [-0.25, -0.2) is 9.59 Å². The van der Waals surface area contributed by atoms with Crippen LogP contribution < -0.4 is 9.47 Å². The van der Waals surface area contributed by atoms with E-state index in [-0.39, 0.29) is 11.9 Å². The molecule has 0 aromatic heterocycles. The molecule has 0 aliphatic carbocycles. The van der Waals surface area contributed by atoms with Crippen LogP contribution in [0.15, 0.2) is 116 Å². The van der Waals surface area contributed by atoms with Gasteiger partial charge in [0.25, 0.3) is 0 Å². The first-order valence-corrected chi connectivity index (χ1v) is 14.6. The number of carbonyl (C=O) groups is 2. The Hall–Kier alpha value is -4.90. The van der Waals surface area contributed by atoms with Crippen molar-refractivity contribution in [3.8, 4) is 22.6 Å². The Morgan fingerprint density at radius 3 is 1.79 bits per heavy atom. The lowest BCUT2D eigenvalue weighted by molar-refractivity contribution is -0.139. The summed E-state index contributed by atoms with van der Waals surface area (Å²) in [6.45, 7) is 10.1. The van der Waals surface area contributed by atoms with Crippen molar-refractivity contribution in [1.82, 2.24) is 0 Å². The van der Waals surface area contributed by atoms with Crippen LogP contribution in [0.4, 0.5) is 0 Å². The molecular formula is C38H38O5. The van der Waals surface area contributed by atoms with Gasteiger partial charge in [-0.05, 0) is 103 Å². The number of ether oxygens (including phenoxy) is 3. The smallest absolute Gasteiger partial charge is 0.343 e. The fourth-order valence-corrected chi connectivity index (χ4v) is 4.43. The largest absolute Gasteiger partial charge is 0.494 e. The minimum absolute atomic E-state index is 0.320. The van der Waals surface area contributed by atoms with E-state index in [2.05, 4.69) is 49.6 Å². The fourth-order valence-electron chi connectivity index (χ4n) is 4.43. The highest BCUT2D eigenvalue weighted by atomic mass is 16.5. The van der Waals surface area contributed by atoms with Crippen molar-refractivity contribution < 1.29 is 23.8 Å². The monoisotopic (exact) mass is 574 g/mol. The van der Waals surface area contributed by atoms with Gasteiger partial charge in [-0.2, -0.15) is 0 Å². The maximum absolute atomic E-state index is 12.5. The number of hydrogen-bond acceptors (Lipinski definition) is 5. The highest BCUT2D eigenvalue weighted by molar-refractivity contribution is 5.91. The van der Waals surface area contributed by atoms with Crippen molar-refractivity contribution >= 4 is 18.0 Å². The first-order valence-electron chi connectivity index (χ1n) is 14.6. The first kappa shape index (κ1) is 31.0. The predicted octanol–water partition coefficient (Wildman–Crippen LogP) is 8.87. The van der Waals surface area contributed by atoms with Crippen LogP contribution in [0.5, 0.6) is 11.5 Å². The Bertz CT molecular complexity index is 1500. The van der Waals surface area contributed by atoms with Crippen molar-refractivity contribution in [2.24, 2.45) is 0 Å². The van der Waals surface area contributed by atoms with Gasteiger partial charge in [-0.1, -0.05) is 79.9 Å². The molecule has 0 heterocycles. The van der Waals surface area contributed by atoms with Gasteiger partial charge in [0.1, 0.15) is 11.5 Å². The van der Waals surface area contributed by atoms with E-state index < -0.39 is 0 Å². The normalized spacial score (nSPS) is 10.5. The molecule has 0 aliphatic rings. The number of hydrogen-bond donors (Lipinski definition) is 0. The second-order valence-electron chi connectivity index (χ2n) is 10.4. The zero-order chi connectivity index (χ0) is 30.4. The molecule has 0 atom stereocenters. The van der Waals surface area contributed by atoms with Gasteiger partial charge in [0.05, 0.1) is 18.8 Å². The Labute approximate surface area is 254 Å². The van der Waals surface area contributed by atoms with E-state index in [9.17, 15) is 9.59 Å². The molecule has 0 unspecified atom stereocenters. The van der Waals surface area contributed by atoms with Crippen molar-refractivity contribution in [2.45, 2.75) is 39.0 Å². The van der Waals surface area contributed by atoms with E-state index in [1.54, 1.807) is 37.3 Å². The summed E-state index contributed by atoms with van der Waals surface area (Å²) >= 11 is 0. The number of unbranched alkanes of at least 4 members (excludes halogenated alkanes) is 3. The number of carbonyl (C=O) groups excluding carboxylic acids is 2. The molecule has 4 rings (SSSR count). The van der Waals surface area contributed by atoms with Crippen LogP contribution in [-0.2, 0) is 16.0 Å². The number of benzene rings is 4. The molecular weight excluding hydrogens is 536 g/mol. The molecule has 0 radical (unpaired) electrons. The summed E-state index contributed by atoms with van der Waals surface area (Å²) in [4.78, 5) is 23.9. The average Bonchev–Trinajstić information content (AvgIpc) is 3.03. The van der Waals surface area contributed by atoms with Crippen molar-refractivity contribution in [2.75, 3.05) is 13.2 Å². The summed E-state index contributed by atoms with van der Waals surface area (Å²) in [7, 11) is 0. The third kappa shape index (κ3) is 9.86. The predicted molar refractivity (Wildman–Crippen MR) is 172 cm³/mol. The SMILES string of the molecule is C=Cc1ccc(OC(=O)c2ccc(-c3ccc(Cc4ccc(OCCCCCCOC(=O)C(=C)C)cc4)cc3)cc2)cc1. The molecule has 4 aromatic carbocycles. The average molecular weight is 575 g/mol. The Balaban J connectivity index is 1.18. The van der Waals surface area contributed by atoms with Gasteiger partial charge in [0.2, 0.25) is 0 Å². The molecule has 0 aliphatic heterocycles. The van der Waals surface area contributed by atoms with Gasteiger partial charge in [0.15, 0.2) is 0 Å². The van der Waals surface area contributed by atoms with E-state index in [1.165, 1.54) is 11.1 Å². The lowest BCUT2D eigenvalue weighted by Gasteiger charge is -2.09. The highest BCUT2D eigenvalue weighted by Gasteiger charge is 2.09. The summed E-state index contributed by atoms with van der Waals surface area (Å²) in [5.41, 5.74) is 6.45. The number of esters is 2. The summed E-state index contributed by atoms with van der Waals surface area (Å²) in [5, 5.41) is 0. The van der Waals surface area contributed by atoms with Crippen LogP contribution in [0.1, 0.15) is 59.7 Å². The molecule has 0 saturated heterocycles. The molecule has 0 saturated carbocycles. The fraction of sp³-hybridized carbons (Fsp3) is 0.211. The molecule has 4 aromatic rings. The Morgan fingerprint density at radius 2 is 1.21 bits per heavy atom. The zero-order valence-corrected chi connectivity index (χ0v) is 24.7. The lowest BCUT2D eigenvalue weighted by Crippen LogP contribution is -2.08. The standard InChI is InChI=1S/C38H38O5/c1-4-29-11-23-36(24-12-29)43-38(40)34-19-17-33(18-20-34)32-15-9-30(10-16-32)27-31-13-21-35(22-14-31)41-25-7-5-6-8-26-42-37(39)28(2)3/h4,9-24H,1-2,5-8,25-27H2,3H3. The maximum Gasteiger partial charge on any atom is 0.343 e. The molecule has 0 bridgehead atoms. The van der Waals surface area contributed by atoms with Crippen LogP contribution in [0.2, 0.25) is 0 Å². The van der Waals surface area contributed by atoms with Crippen molar-refractivity contribution in [3.63, 3.8) is 0 Å². The van der Waals surface area contributed by atoms with Gasteiger partial charge in [-0.3, -0.25) is 0 Å². The van der Waals surface area contributed by atoms with E-state index in [0.717, 1.165) is 54.5 Å². The molecule has 0 spiro atoms. The first-order chi connectivity index (χ1) is 20.9. The third-order valence-electron chi connectivity index (χ3n) is 6.95. The van der Waals surface area contributed by atoms with E-state index in [4.69, 9.17) is 14.2 Å². The van der Waals surface area contributed by atoms with E-state index in [0.29, 0.717) is 30.1 Å². The maximum atomic E-state index is 12.5. The Kier molecular flexibility index (Phi) is 11.5. The minimum atomic E-state index is -0.389. The van der Waals surface area contributed by atoms with Gasteiger partial charge >= 0.3 is 11.9 Å². The summed E-state index contributed by atoms with van der Waals surface area (Å²) < 4.78 is 16.5. The summed E-state index contributed by atoms with van der Waals surface area (Å²) in [6, 6.07) is 31.4. The van der Waals surface area contributed by atoms with Gasteiger partial charge < -0.3 is 14.2 Å². The highest BCUT2D eigenvalue weighted by Crippen LogP contribution is 2.23. The topological polar surface area (TPSA) is 61.8 Å². The van der Waals surface area contributed by atoms with Crippen LogP contribution >= 0.6 is 0 Å². The second-order valence-corrected chi connectivity index (χ2v) is 10.4. The quantitative estimate of drug-likeness (QED) is 0.0614. The zero-order valence-electron chi connectivity index (χ0n) is 24.7. The van der Waals surface area contributed by atoms with Gasteiger partial charge in [0, 0.05) is 5.57 Å². The molecule has 5 heteroatoms. The van der Waals surface area contributed by atoms with E-state index in [1.807, 2.05) is 36.4 Å². The van der Waals surface area contributed by atoms with Crippen LogP contribution in [0.3, 0.4) is 0 Å². The molecule has 5 nitrogen and oxygen atoms in total. The van der Waals surface area contributed by atoms with Crippen LogP contribution in [-0.4, -0.2) is 25.2 Å².